The number of benzene rings is 3. The van der Waals surface area contributed by atoms with E-state index >= 15 is 0 Å². The first kappa shape index (κ1) is 21.6. The quantitative estimate of drug-likeness (QED) is 0.569. The van der Waals surface area contributed by atoms with E-state index in [1.165, 1.54) is 0 Å². The number of aliphatic carboxylic acids is 1. The maximum Gasteiger partial charge on any atom is 0.313 e. The Morgan fingerprint density at radius 3 is 2.16 bits per heavy atom. The average molecular weight is 429 g/mol. The summed E-state index contributed by atoms with van der Waals surface area (Å²) in [7, 11) is 0. The number of fused-ring (bicyclic) bond motifs is 1. The van der Waals surface area contributed by atoms with Crippen LogP contribution in [0.15, 0.2) is 78.9 Å². The number of hydrogen-bond acceptors (Lipinski definition) is 3. The standard InChI is InChI=1S/C27H28N2O3/c1-3-28(4-2)21-16-14-20(15-17-21)25-24(27(31)32)22-12-8-9-13-23(22)26(30)29(25)18-19-10-6-5-7-11-19/h5-17,24-25H,3-4,18H2,1-2H3,(H,31,32)/t24-,25-/m1/s1. The van der Waals surface area contributed by atoms with E-state index in [1.807, 2.05) is 54.6 Å². The number of carboxylic acids is 1. The van der Waals surface area contributed by atoms with E-state index in [2.05, 4.69) is 18.7 Å². The van der Waals surface area contributed by atoms with Gasteiger partial charge in [0.15, 0.2) is 0 Å². The highest BCUT2D eigenvalue weighted by Crippen LogP contribution is 2.43. The monoisotopic (exact) mass is 428 g/mol. The third-order valence-corrected chi connectivity index (χ3v) is 6.26. The van der Waals surface area contributed by atoms with Gasteiger partial charge < -0.3 is 14.9 Å². The van der Waals surface area contributed by atoms with Gasteiger partial charge in [0, 0.05) is 30.9 Å². The van der Waals surface area contributed by atoms with Crippen LogP contribution in [0.5, 0.6) is 0 Å². The number of anilines is 1. The molecule has 0 spiro atoms. The highest BCUT2D eigenvalue weighted by molar-refractivity contribution is 6.00. The van der Waals surface area contributed by atoms with Crippen LogP contribution in [0, 0.1) is 0 Å². The third kappa shape index (κ3) is 3.98. The molecule has 0 aliphatic carbocycles. The summed E-state index contributed by atoms with van der Waals surface area (Å²) in [5.41, 5.74) is 3.92. The Bertz CT molecular complexity index is 1090. The van der Waals surface area contributed by atoms with Gasteiger partial charge in [-0.2, -0.15) is 0 Å². The van der Waals surface area contributed by atoms with Crippen LogP contribution >= 0.6 is 0 Å². The first-order chi connectivity index (χ1) is 15.5. The molecule has 0 unspecified atom stereocenters. The molecule has 32 heavy (non-hydrogen) atoms. The van der Waals surface area contributed by atoms with Gasteiger partial charge in [-0.1, -0.05) is 60.7 Å². The summed E-state index contributed by atoms with van der Waals surface area (Å²) in [6, 6.07) is 24.2. The fourth-order valence-corrected chi connectivity index (χ4v) is 4.66. The van der Waals surface area contributed by atoms with Crippen molar-refractivity contribution in [1.82, 2.24) is 4.90 Å². The Hall–Kier alpha value is -3.60. The second kappa shape index (κ2) is 9.27. The maximum absolute atomic E-state index is 13.6. The second-order valence-electron chi connectivity index (χ2n) is 8.03. The van der Waals surface area contributed by atoms with E-state index < -0.39 is 17.9 Å². The van der Waals surface area contributed by atoms with E-state index in [4.69, 9.17) is 0 Å². The minimum absolute atomic E-state index is 0.139. The van der Waals surface area contributed by atoms with Gasteiger partial charge in [0.1, 0.15) is 5.92 Å². The van der Waals surface area contributed by atoms with Crippen LogP contribution in [0.3, 0.4) is 0 Å². The van der Waals surface area contributed by atoms with E-state index in [-0.39, 0.29) is 5.91 Å². The first-order valence-electron chi connectivity index (χ1n) is 11.1. The lowest BCUT2D eigenvalue weighted by Crippen LogP contribution is -2.44. The van der Waals surface area contributed by atoms with Gasteiger partial charge in [-0.15, -0.1) is 0 Å². The summed E-state index contributed by atoms with van der Waals surface area (Å²) in [5.74, 6) is -1.91. The molecular weight excluding hydrogens is 400 g/mol. The largest absolute Gasteiger partial charge is 0.481 e. The second-order valence-corrected chi connectivity index (χ2v) is 8.03. The number of rotatable bonds is 7. The summed E-state index contributed by atoms with van der Waals surface area (Å²) in [4.78, 5) is 30.0. The van der Waals surface area contributed by atoms with Crippen LogP contribution in [-0.4, -0.2) is 35.0 Å². The van der Waals surface area contributed by atoms with Crippen molar-refractivity contribution >= 4 is 17.6 Å². The summed E-state index contributed by atoms with van der Waals surface area (Å²) >= 11 is 0. The van der Waals surface area contributed by atoms with Crippen LogP contribution in [0.1, 0.15) is 52.9 Å². The molecule has 0 aromatic heterocycles. The minimum atomic E-state index is -0.930. The fourth-order valence-electron chi connectivity index (χ4n) is 4.66. The third-order valence-electron chi connectivity index (χ3n) is 6.26. The maximum atomic E-state index is 13.6. The number of carbonyl (C=O) groups excluding carboxylic acids is 1. The van der Waals surface area contributed by atoms with E-state index in [0.29, 0.717) is 17.7 Å². The SMILES string of the molecule is CCN(CC)c1ccc([C@@H]2[C@H](C(=O)O)c3ccccc3C(=O)N2Cc2ccccc2)cc1. The van der Waals surface area contributed by atoms with Crippen molar-refractivity contribution in [2.24, 2.45) is 0 Å². The smallest absolute Gasteiger partial charge is 0.313 e. The Labute approximate surface area is 188 Å². The Kier molecular flexibility index (Phi) is 6.26. The highest BCUT2D eigenvalue weighted by atomic mass is 16.4. The predicted molar refractivity (Wildman–Crippen MR) is 126 cm³/mol. The molecule has 5 heteroatoms. The average Bonchev–Trinajstić information content (AvgIpc) is 2.82. The van der Waals surface area contributed by atoms with Crippen molar-refractivity contribution in [2.75, 3.05) is 18.0 Å². The van der Waals surface area contributed by atoms with E-state index in [0.717, 1.165) is 29.9 Å². The highest BCUT2D eigenvalue weighted by Gasteiger charge is 2.44. The predicted octanol–water partition coefficient (Wildman–Crippen LogP) is 5.10. The molecule has 3 aromatic rings. The molecule has 1 amide bonds. The lowest BCUT2D eigenvalue weighted by Gasteiger charge is -2.41. The summed E-state index contributed by atoms with van der Waals surface area (Å²) in [6.45, 7) is 6.35. The number of carbonyl (C=O) groups is 2. The van der Waals surface area contributed by atoms with Gasteiger partial charge in [-0.05, 0) is 48.7 Å². The topological polar surface area (TPSA) is 60.9 Å². The van der Waals surface area contributed by atoms with Crippen molar-refractivity contribution in [1.29, 1.82) is 0 Å². The van der Waals surface area contributed by atoms with Crippen molar-refractivity contribution in [2.45, 2.75) is 32.4 Å². The van der Waals surface area contributed by atoms with Gasteiger partial charge in [0.05, 0.1) is 6.04 Å². The summed E-state index contributed by atoms with van der Waals surface area (Å²) < 4.78 is 0. The molecule has 1 aliphatic heterocycles. The fraction of sp³-hybridized carbons (Fsp3) is 0.259. The molecule has 1 aliphatic rings. The molecule has 5 nitrogen and oxygen atoms in total. The number of amides is 1. The number of carboxylic acid groups (broad SMARTS) is 1. The number of hydrogen-bond donors (Lipinski definition) is 1. The van der Waals surface area contributed by atoms with Crippen molar-refractivity contribution in [3.8, 4) is 0 Å². The zero-order valence-corrected chi connectivity index (χ0v) is 18.4. The lowest BCUT2D eigenvalue weighted by atomic mass is 9.79. The van der Waals surface area contributed by atoms with Gasteiger partial charge in [0.2, 0.25) is 0 Å². The molecule has 2 atom stereocenters. The molecule has 164 valence electrons. The molecule has 4 rings (SSSR count). The molecular formula is C27H28N2O3. The number of nitrogens with zero attached hydrogens (tertiary/aromatic N) is 2. The Balaban J connectivity index is 1.82. The molecule has 1 N–H and O–H groups in total. The van der Waals surface area contributed by atoms with Gasteiger partial charge in [0.25, 0.3) is 5.91 Å². The first-order valence-corrected chi connectivity index (χ1v) is 11.1. The van der Waals surface area contributed by atoms with Crippen molar-refractivity contribution < 1.29 is 14.7 Å². The minimum Gasteiger partial charge on any atom is -0.481 e. The normalized spacial score (nSPS) is 17.7. The summed E-state index contributed by atoms with van der Waals surface area (Å²) in [6.07, 6.45) is 0. The lowest BCUT2D eigenvalue weighted by molar-refractivity contribution is -0.140. The summed E-state index contributed by atoms with van der Waals surface area (Å²) in [5, 5.41) is 10.3. The van der Waals surface area contributed by atoms with Gasteiger partial charge in [-0.25, -0.2) is 0 Å². The Morgan fingerprint density at radius 1 is 0.906 bits per heavy atom. The van der Waals surface area contributed by atoms with Crippen LogP contribution in [0.25, 0.3) is 0 Å². The zero-order chi connectivity index (χ0) is 22.7. The van der Waals surface area contributed by atoms with Crippen LogP contribution in [-0.2, 0) is 11.3 Å². The van der Waals surface area contributed by atoms with Gasteiger partial charge in [-0.3, -0.25) is 9.59 Å². The molecule has 0 bridgehead atoms. The molecule has 1 heterocycles. The molecule has 3 aromatic carbocycles. The Morgan fingerprint density at radius 2 is 1.53 bits per heavy atom. The zero-order valence-electron chi connectivity index (χ0n) is 18.4. The molecule has 0 fully saturated rings. The van der Waals surface area contributed by atoms with E-state index in [1.54, 1.807) is 29.2 Å². The molecule has 0 radical (unpaired) electrons. The van der Waals surface area contributed by atoms with Crippen LogP contribution in [0.4, 0.5) is 5.69 Å². The van der Waals surface area contributed by atoms with Gasteiger partial charge >= 0.3 is 5.97 Å². The van der Waals surface area contributed by atoms with Crippen LogP contribution in [0.2, 0.25) is 0 Å². The van der Waals surface area contributed by atoms with Crippen molar-refractivity contribution in [3.63, 3.8) is 0 Å². The van der Waals surface area contributed by atoms with Crippen LogP contribution < -0.4 is 4.90 Å². The van der Waals surface area contributed by atoms with E-state index in [9.17, 15) is 14.7 Å². The molecule has 0 saturated heterocycles. The molecule has 0 saturated carbocycles. The van der Waals surface area contributed by atoms with Crippen molar-refractivity contribution in [3.05, 3.63) is 101 Å².